The predicted octanol–water partition coefficient (Wildman–Crippen LogP) is 2.03. The molecule has 0 aromatic carbocycles. The molecule has 0 saturated carbocycles. The Bertz CT molecular complexity index is 107. The molecule has 1 saturated heterocycles. The zero-order valence-electron chi connectivity index (χ0n) is 7.41. The van der Waals surface area contributed by atoms with E-state index in [0.717, 1.165) is 5.92 Å². The van der Waals surface area contributed by atoms with Crippen LogP contribution in [0.4, 0.5) is 0 Å². The van der Waals surface area contributed by atoms with Crippen molar-refractivity contribution in [1.29, 1.82) is 0 Å². The highest BCUT2D eigenvalue weighted by Gasteiger charge is 2.26. The number of nitrogens with one attached hydrogen (secondary N) is 1. The summed E-state index contributed by atoms with van der Waals surface area (Å²) in [7, 11) is 0. The number of hydrogen-bond donors (Lipinski definition) is 1. The van der Waals surface area contributed by atoms with Gasteiger partial charge in [0.1, 0.15) is 0 Å². The first-order valence-corrected chi connectivity index (χ1v) is 4.33. The fraction of sp³-hybridized carbons (Fsp3) is 1.00. The quantitative estimate of drug-likeness (QED) is 0.544. The van der Waals surface area contributed by atoms with Crippen molar-refractivity contribution in [3.05, 3.63) is 0 Å². The fourth-order valence-electron chi connectivity index (χ4n) is 1.49. The van der Waals surface area contributed by atoms with Gasteiger partial charge in [0.2, 0.25) is 0 Å². The van der Waals surface area contributed by atoms with E-state index in [-0.39, 0.29) is 0 Å². The minimum Gasteiger partial charge on any atom is -0.317 e. The third kappa shape index (κ3) is 1.72. The van der Waals surface area contributed by atoms with Gasteiger partial charge in [0, 0.05) is 0 Å². The lowest BCUT2D eigenvalue weighted by atomic mass is 9.77. The van der Waals surface area contributed by atoms with Crippen molar-refractivity contribution < 1.29 is 0 Å². The van der Waals surface area contributed by atoms with Crippen LogP contribution in [0.2, 0.25) is 0 Å². The van der Waals surface area contributed by atoms with Crippen LogP contribution in [-0.2, 0) is 0 Å². The van der Waals surface area contributed by atoms with Crippen LogP contribution >= 0.6 is 0 Å². The van der Waals surface area contributed by atoms with E-state index in [4.69, 9.17) is 0 Å². The molecule has 1 heterocycles. The van der Waals surface area contributed by atoms with Gasteiger partial charge in [-0.1, -0.05) is 20.8 Å². The average molecular weight is 141 g/mol. The minimum atomic E-state index is 0.559. The van der Waals surface area contributed by atoms with Gasteiger partial charge in [-0.05, 0) is 37.3 Å². The van der Waals surface area contributed by atoms with E-state index in [1.165, 1.54) is 25.9 Å². The standard InChI is InChI=1S/C9H19N/c1-8-4-6-10-7-5-9(8,2)3/h8,10H,4-7H2,1-3H3. The monoisotopic (exact) mass is 141 g/mol. The second kappa shape index (κ2) is 2.91. The third-order valence-electron chi connectivity index (χ3n) is 3.03. The van der Waals surface area contributed by atoms with Crippen LogP contribution < -0.4 is 5.32 Å². The number of rotatable bonds is 0. The van der Waals surface area contributed by atoms with Gasteiger partial charge in [-0.25, -0.2) is 0 Å². The van der Waals surface area contributed by atoms with Crippen molar-refractivity contribution >= 4 is 0 Å². The molecule has 1 atom stereocenters. The van der Waals surface area contributed by atoms with Crippen LogP contribution in [0.15, 0.2) is 0 Å². The first kappa shape index (κ1) is 8.06. The molecule has 0 aromatic heterocycles. The highest BCUT2D eigenvalue weighted by atomic mass is 14.9. The van der Waals surface area contributed by atoms with Gasteiger partial charge in [0.25, 0.3) is 0 Å². The molecule has 0 amide bonds. The normalized spacial score (nSPS) is 33.3. The smallest absolute Gasteiger partial charge is 0.00437 e. The van der Waals surface area contributed by atoms with Crippen LogP contribution in [0, 0.1) is 11.3 Å². The molecule has 0 spiro atoms. The van der Waals surface area contributed by atoms with Gasteiger partial charge in [0.05, 0.1) is 0 Å². The lowest BCUT2D eigenvalue weighted by Crippen LogP contribution is -2.21. The Morgan fingerprint density at radius 3 is 2.70 bits per heavy atom. The van der Waals surface area contributed by atoms with Crippen molar-refractivity contribution in [2.45, 2.75) is 33.6 Å². The van der Waals surface area contributed by atoms with E-state index in [1.807, 2.05) is 0 Å². The van der Waals surface area contributed by atoms with Crippen molar-refractivity contribution in [3.63, 3.8) is 0 Å². The Morgan fingerprint density at radius 1 is 1.30 bits per heavy atom. The average Bonchev–Trinajstić information content (AvgIpc) is 1.96. The lowest BCUT2D eigenvalue weighted by Gasteiger charge is -2.29. The predicted molar refractivity (Wildman–Crippen MR) is 45.0 cm³/mol. The van der Waals surface area contributed by atoms with Crippen molar-refractivity contribution in [3.8, 4) is 0 Å². The van der Waals surface area contributed by atoms with E-state index in [1.54, 1.807) is 0 Å². The van der Waals surface area contributed by atoms with Crippen molar-refractivity contribution in [1.82, 2.24) is 5.32 Å². The van der Waals surface area contributed by atoms with E-state index in [9.17, 15) is 0 Å². The zero-order chi connectivity index (χ0) is 7.61. The van der Waals surface area contributed by atoms with Gasteiger partial charge in [-0.2, -0.15) is 0 Å². The SMILES string of the molecule is CC1CCNCCC1(C)C. The molecule has 1 nitrogen and oxygen atoms in total. The molecule has 1 aliphatic heterocycles. The molecule has 1 rings (SSSR count). The maximum absolute atomic E-state index is 3.43. The van der Waals surface area contributed by atoms with Crippen LogP contribution in [0.3, 0.4) is 0 Å². The molecule has 1 heteroatoms. The largest absolute Gasteiger partial charge is 0.317 e. The Labute approximate surface area is 64.2 Å². The Hall–Kier alpha value is -0.0400. The number of hydrogen-bond acceptors (Lipinski definition) is 1. The molecule has 0 bridgehead atoms. The van der Waals surface area contributed by atoms with Crippen molar-refractivity contribution in [2.75, 3.05) is 13.1 Å². The summed E-state index contributed by atoms with van der Waals surface area (Å²) in [6, 6.07) is 0. The molecule has 1 aliphatic rings. The molecule has 0 radical (unpaired) electrons. The molecular weight excluding hydrogens is 122 g/mol. The van der Waals surface area contributed by atoms with Crippen LogP contribution in [0.5, 0.6) is 0 Å². The Balaban J connectivity index is 2.52. The molecule has 10 heavy (non-hydrogen) atoms. The van der Waals surface area contributed by atoms with Gasteiger partial charge in [0.15, 0.2) is 0 Å². The molecular formula is C9H19N. The van der Waals surface area contributed by atoms with E-state index in [2.05, 4.69) is 26.1 Å². The third-order valence-corrected chi connectivity index (χ3v) is 3.03. The molecule has 60 valence electrons. The summed E-state index contributed by atoms with van der Waals surface area (Å²) in [6.07, 6.45) is 2.67. The van der Waals surface area contributed by atoms with E-state index >= 15 is 0 Å². The summed E-state index contributed by atoms with van der Waals surface area (Å²) in [6.45, 7) is 9.55. The van der Waals surface area contributed by atoms with E-state index < -0.39 is 0 Å². The fourth-order valence-corrected chi connectivity index (χ4v) is 1.49. The molecule has 1 N–H and O–H groups in total. The lowest BCUT2D eigenvalue weighted by molar-refractivity contribution is 0.222. The Morgan fingerprint density at radius 2 is 2.00 bits per heavy atom. The molecule has 0 aromatic rings. The summed E-state index contributed by atoms with van der Waals surface area (Å²) in [4.78, 5) is 0. The van der Waals surface area contributed by atoms with Gasteiger partial charge < -0.3 is 5.32 Å². The van der Waals surface area contributed by atoms with Gasteiger partial charge in [-0.3, -0.25) is 0 Å². The van der Waals surface area contributed by atoms with Gasteiger partial charge >= 0.3 is 0 Å². The highest BCUT2D eigenvalue weighted by Crippen LogP contribution is 2.33. The topological polar surface area (TPSA) is 12.0 Å². The molecule has 1 fully saturated rings. The van der Waals surface area contributed by atoms with Crippen molar-refractivity contribution in [2.24, 2.45) is 11.3 Å². The van der Waals surface area contributed by atoms with E-state index in [0.29, 0.717) is 5.41 Å². The minimum absolute atomic E-state index is 0.559. The van der Waals surface area contributed by atoms with Crippen LogP contribution in [-0.4, -0.2) is 13.1 Å². The molecule has 0 aliphatic carbocycles. The zero-order valence-corrected chi connectivity index (χ0v) is 7.41. The summed E-state index contributed by atoms with van der Waals surface area (Å²) in [5.41, 5.74) is 0.559. The second-order valence-corrected chi connectivity index (χ2v) is 4.18. The summed E-state index contributed by atoms with van der Waals surface area (Å²) in [5, 5.41) is 3.43. The van der Waals surface area contributed by atoms with Crippen LogP contribution in [0.25, 0.3) is 0 Å². The van der Waals surface area contributed by atoms with Crippen LogP contribution in [0.1, 0.15) is 33.6 Å². The maximum atomic E-state index is 3.43. The summed E-state index contributed by atoms with van der Waals surface area (Å²) in [5.74, 6) is 0.877. The highest BCUT2D eigenvalue weighted by molar-refractivity contribution is 4.79. The second-order valence-electron chi connectivity index (χ2n) is 4.18. The first-order chi connectivity index (χ1) is 4.63. The van der Waals surface area contributed by atoms with Gasteiger partial charge in [-0.15, -0.1) is 0 Å². The maximum Gasteiger partial charge on any atom is -0.00437 e. The molecule has 1 unspecified atom stereocenters. The first-order valence-electron chi connectivity index (χ1n) is 4.33. The Kier molecular flexibility index (Phi) is 2.35. The summed E-state index contributed by atoms with van der Waals surface area (Å²) >= 11 is 0. The summed E-state index contributed by atoms with van der Waals surface area (Å²) < 4.78 is 0.